The molecule has 2 rings (SSSR count). The standard InChI is InChI=1S/C11H8N4O3/c1-18-8-4-2-7(3-5-8)15-11(17)13-10(16)9(6-12)14-15/h2-5H,1H3,(H,13,16,17). The van der Waals surface area contributed by atoms with E-state index >= 15 is 0 Å². The molecule has 0 fully saturated rings. The average molecular weight is 244 g/mol. The zero-order chi connectivity index (χ0) is 13.1. The van der Waals surface area contributed by atoms with Crippen molar-refractivity contribution >= 4 is 0 Å². The molecule has 0 aliphatic carbocycles. The maximum absolute atomic E-state index is 11.6. The fourth-order valence-corrected chi connectivity index (χ4v) is 1.37. The largest absolute Gasteiger partial charge is 0.497 e. The third-order valence-corrected chi connectivity index (χ3v) is 2.25. The molecule has 0 amide bonds. The van der Waals surface area contributed by atoms with Crippen molar-refractivity contribution in [3.63, 3.8) is 0 Å². The third-order valence-electron chi connectivity index (χ3n) is 2.25. The topological polar surface area (TPSA) is 101 Å². The zero-order valence-corrected chi connectivity index (χ0v) is 9.38. The van der Waals surface area contributed by atoms with Gasteiger partial charge < -0.3 is 4.74 Å². The van der Waals surface area contributed by atoms with Gasteiger partial charge in [0, 0.05) is 0 Å². The van der Waals surface area contributed by atoms with Gasteiger partial charge in [-0.25, -0.2) is 4.79 Å². The molecule has 0 unspecified atom stereocenters. The lowest BCUT2D eigenvalue weighted by Crippen LogP contribution is -2.33. The molecule has 0 atom stereocenters. The number of nitrogens with one attached hydrogen (secondary N) is 1. The molecule has 1 N–H and O–H groups in total. The van der Waals surface area contributed by atoms with Crippen LogP contribution in [0.2, 0.25) is 0 Å². The first-order chi connectivity index (χ1) is 8.65. The number of hydrogen-bond acceptors (Lipinski definition) is 5. The molecule has 7 nitrogen and oxygen atoms in total. The Morgan fingerprint density at radius 3 is 2.56 bits per heavy atom. The molecule has 0 saturated heterocycles. The number of methoxy groups -OCH3 is 1. The first-order valence-corrected chi connectivity index (χ1v) is 4.94. The normalized spacial score (nSPS) is 9.78. The molecule has 0 radical (unpaired) electrons. The van der Waals surface area contributed by atoms with Gasteiger partial charge in [0.25, 0.3) is 5.56 Å². The number of aromatic amines is 1. The van der Waals surface area contributed by atoms with E-state index in [0.29, 0.717) is 11.4 Å². The van der Waals surface area contributed by atoms with E-state index in [4.69, 9.17) is 10.00 Å². The smallest absolute Gasteiger partial charge is 0.349 e. The average Bonchev–Trinajstić information content (AvgIpc) is 2.39. The van der Waals surface area contributed by atoms with Crippen molar-refractivity contribution in [3.8, 4) is 17.5 Å². The predicted molar refractivity (Wildman–Crippen MR) is 61.7 cm³/mol. The molecule has 2 aromatic rings. The third kappa shape index (κ3) is 1.99. The fourth-order valence-electron chi connectivity index (χ4n) is 1.37. The SMILES string of the molecule is COc1ccc(-n2nc(C#N)c(=O)[nH]c2=O)cc1. The van der Waals surface area contributed by atoms with Crippen LogP contribution >= 0.6 is 0 Å². The van der Waals surface area contributed by atoms with Gasteiger partial charge in [0.05, 0.1) is 12.8 Å². The maximum atomic E-state index is 11.6. The van der Waals surface area contributed by atoms with Gasteiger partial charge in [0.2, 0.25) is 5.69 Å². The van der Waals surface area contributed by atoms with Crippen molar-refractivity contribution < 1.29 is 4.74 Å². The van der Waals surface area contributed by atoms with Gasteiger partial charge in [-0.3, -0.25) is 9.78 Å². The van der Waals surface area contributed by atoms with Crippen molar-refractivity contribution in [2.75, 3.05) is 7.11 Å². The Hall–Kier alpha value is -2.88. The van der Waals surface area contributed by atoms with Crippen LogP contribution in [0.15, 0.2) is 33.9 Å². The highest BCUT2D eigenvalue weighted by Crippen LogP contribution is 2.12. The molecule has 0 bridgehead atoms. The first-order valence-electron chi connectivity index (χ1n) is 4.94. The van der Waals surface area contributed by atoms with Crippen molar-refractivity contribution in [2.24, 2.45) is 0 Å². The summed E-state index contributed by atoms with van der Waals surface area (Å²) in [6.45, 7) is 0. The van der Waals surface area contributed by atoms with Gasteiger partial charge in [0.15, 0.2) is 0 Å². The molecule has 7 heteroatoms. The molecular weight excluding hydrogens is 236 g/mol. The number of rotatable bonds is 2. The number of H-pyrrole nitrogens is 1. The summed E-state index contributed by atoms with van der Waals surface area (Å²) in [7, 11) is 1.52. The summed E-state index contributed by atoms with van der Waals surface area (Å²) in [5.41, 5.74) is -1.45. The van der Waals surface area contributed by atoms with Crippen LogP contribution in [0.5, 0.6) is 5.75 Å². The second-order valence-corrected chi connectivity index (χ2v) is 3.33. The lowest BCUT2D eigenvalue weighted by Gasteiger charge is -2.04. The summed E-state index contributed by atoms with van der Waals surface area (Å²) in [5.74, 6) is 0.622. The minimum absolute atomic E-state index is 0.370. The van der Waals surface area contributed by atoms with Crippen molar-refractivity contribution in [1.82, 2.24) is 14.8 Å². The number of nitrogens with zero attached hydrogens (tertiary/aromatic N) is 3. The van der Waals surface area contributed by atoms with Crippen LogP contribution in [0, 0.1) is 11.3 Å². The van der Waals surface area contributed by atoms with Crippen LogP contribution in [0.3, 0.4) is 0 Å². The maximum Gasteiger partial charge on any atom is 0.349 e. The Bertz CT molecular complexity index is 722. The number of aromatic nitrogens is 3. The van der Waals surface area contributed by atoms with Gasteiger partial charge in [-0.15, -0.1) is 5.10 Å². The highest BCUT2D eigenvalue weighted by Gasteiger charge is 2.07. The number of nitriles is 1. The van der Waals surface area contributed by atoms with Crippen LogP contribution in [0.4, 0.5) is 0 Å². The molecule has 0 saturated carbocycles. The molecular formula is C11H8N4O3. The van der Waals surface area contributed by atoms with Gasteiger partial charge in [0.1, 0.15) is 11.8 Å². The van der Waals surface area contributed by atoms with Crippen LogP contribution < -0.4 is 16.0 Å². The van der Waals surface area contributed by atoms with Gasteiger partial charge in [-0.05, 0) is 24.3 Å². The number of hydrogen-bond donors (Lipinski definition) is 1. The van der Waals surface area contributed by atoms with Gasteiger partial charge >= 0.3 is 5.69 Å². The number of ether oxygens (including phenoxy) is 1. The zero-order valence-electron chi connectivity index (χ0n) is 9.38. The van der Waals surface area contributed by atoms with E-state index in [-0.39, 0.29) is 5.69 Å². The minimum Gasteiger partial charge on any atom is -0.497 e. The molecule has 18 heavy (non-hydrogen) atoms. The Balaban J connectivity index is 2.60. The molecule has 1 heterocycles. The second kappa shape index (κ2) is 4.55. The highest BCUT2D eigenvalue weighted by atomic mass is 16.5. The summed E-state index contributed by atoms with van der Waals surface area (Å²) in [6.07, 6.45) is 0. The van der Waals surface area contributed by atoms with Crippen molar-refractivity contribution in [3.05, 3.63) is 50.8 Å². The summed E-state index contributed by atoms with van der Waals surface area (Å²) in [5, 5.41) is 12.4. The molecule has 90 valence electrons. The summed E-state index contributed by atoms with van der Waals surface area (Å²) >= 11 is 0. The summed E-state index contributed by atoms with van der Waals surface area (Å²) < 4.78 is 5.93. The van der Waals surface area contributed by atoms with Crippen molar-refractivity contribution in [1.29, 1.82) is 5.26 Å². The van der Waals surface area contributed by atoms with Crippen LogP contribution in [-0.4, -0.2) is 21.9 Å². The molecule has 0 aliphatic rings. The molecule has 1 aromatic heterocycles. The summed E-state index contributed by atoms with van der Waals surface area (Å²) in [6, 6.07) is 8.07. The van der Waals surface area contributed by atoms with E-state index in [1.807, 2.05) is 4.98 Å². The van der Waals surface area contributed by atoms with E-state index in [2.05, 4.69) is 5.10 Å². The molecule has 0 spiro atoms. The van der Waals surface area contributed by atoms with E-state index < -0.39 is 11.2 Å². The summed E-state index contributed by atoms with van der Waals surface area (Å²) in [4.78, 5) is 24.8. The first kappa shape index (κ1) is 11.6. The monoisotopic (exact) mass is 244 g/mol. The van der Waals surface area contributed by atoms with Gasteiger partial charge in [-0.2, -0.15) is 9.94 Å². The van der Waals surface area contributed by atoms with E-state index in [0.717, 1.165) is 4.68 Å². The predicted octanol–water partition coefficient (Wildman–Crippen LogP) is -0.199. The Labute approximate surface area is 101 Å². The highest BCUT2D eigenvalue weighted by molar-refractivity contribution is 5.36. The van der Waals surface area contributed by atoms with Gasteiger partial charge in [-0.1, -0.05) is 0 Å². The van der Waals surface area contributed by atoms with Crippen LogP contribution in [0.25, 0.3) is 5.69 Å². The van der Waals surface area contributed by atoms with Crippen LogP contribution in [-0.2, 0) is 0 Å². The molecule has 0 aliphatic heterocycles. The van der Waals surface area contributed by atoms with E-state index in [1.165, 1.54) is 7.11 Å². The minimum atomic E-state index is -0.799. The van der Waals surface area contributed by atoms with Crippen LogP contribution in [0.1, 0.15) is 5.69 Å². The Kier molecular flexibility index (Phi) is 2.93. The quantitative estimate of drug-likeness (QED) is 0.788. The lowest BCUT2D eigenvalue weighted by atomic mass is 10.3. The van der Waals surface area contributed by atoms with Crippen molar-refractivity contribution in [2.45, 2.75) is 0 Å². The van der Waals surface area contributed by atoms with E-state index in [1.54, 1.807) is 30.3 Å². The number of benzene rings is 1. The lowest BCUT2D eigenvalue weighted by molar-refractivity contribution is 0.414. The Morgan fingerprint density at radius 1 is 1.33 bits per heavy atom. The molecule has 1 aromatic carbocycles. The Morgan fingerprint density at radius 2 is 2.00 bits per heavy atom. The van der Waals surface area contributed by atoms with E-state index in [9.17, 15) is 9.59 Å². The fraction of sp³-hybridized carbons (Fsp3) is 0.0909. The second-order valence-electron chi connectivity index (χ2n) is 3.33.